The van der Waals surface area contributed by atoms with Crippen LogP contribution in [0.15, 0.2) is 24.3 Å². The predicted molar refractivity (Wildman–Crippen MR) is 123 cm³/mol. The first-order valence-electron chi connectivity index (χ1n) is 11.1. The number of piperazine rings is 1. The van der Waals surface area contributed by atoms with Gasteiger partial charge in [-0.3, -0.25) is 0 Å². The van der Waals surface area contributed by atoms with Gasteiger partial charge in [-0.05, 0) is 62.6 Å². The number of aryl methyl sites for hydroxylation is 1. The van der Waals surface area contributed by atoms with Crippen molar-refractivity contribution in [2.45, 2.75) is 71.8 Å². The summed E-state index contributed by atoms with van der Waals surface area (Å²) in [4.78, 5) is 2.48. The quantitative estimate of drug-likeness (QED) is 0.347. The fraction of sp³-hybridized carbons (Fsp3) is 0.667. The van der Waals surface area contributed by atoms with Crippen LogP contribution >= 0.6 is 11.6 Å². The van der Waals surface area contributed by atoms with E-state index in [0.717, 1.165) is 48.4 Å². The van der Waals surface area contributed by atoms with E-state index < -0.39 is 0 Å². The van der Waals surface area contributed by atoms with Crippen LogP contribution in [0.5, 0.6) is 5.75 Å². The Hall–Kier alpha value is -1.19. The van der Waals surface area contributed by atoms with Crippen molar-refractivity contribution < 1.29 is 4.74 Å². The van der Waals surface area contributed by atoms with Gasteiger partial charge in [0.15, 0.2) is 5.75 Å². The molecule has 0 saturated carbocycles. The fourth-order valence-electron chi connectivity index (χ4n) is 4.26. The van der Waals surface area contributed by atoms with Crippen LogP contribution in [0.25, 0.3) is 0 Å². The molecule has 158 valence electrons. The van der Waals surface area contributed by atoms with Crippen LogP contribution in [-0.4, -0.2) is 32.8 Å². The zero-order valence-electron chi connectivity index (χ0n) is 18.3. The number of anilines is 1. The molecule has 0 radical (unpaired) electrons. The van der Waals surface area contributed by atoms with Gasteiger partial charge in [-0.1, -0.05) is 50.4 Å². The van der Waals surface area contributed by atoms with Gasteiger partial charge in [-0.2, -0.15) is 0 Å². The van der Waals surface area contributed by atoms with E-state index in [1.165, 1.54) is 44.1 Å². The summed E-state index contributed by atoms with van der Waals surface area (Å²) in [5.41, 5.74) is 2.42. The Balaban J connectivity index is 2.15. The molecular weight excluding hydrogens is 368 g/mol. The van der Waals surface area contributed by atoms with E-state index in [-0.39, 0.29) is 0 Å². The highest BCUT2D eigenvalue weighted by molar-refractivity contribution is 6.32. The fourth-order valence-corrected chi connectivity index (χ4v) is 4.58. The third-order valence-electron chi connectivity index (χ3n) is 5.92. The number of allylic oxidation sites excluding steroid dienone is 2. The summed E-state index contributed by atoms with van der Waals surface area (Å²) in [7, 11) is 1.72. The number of unbranched alkanes of at least 4 members (excludes halogenated alkanes) is 2. The minimum Gasteiger partial charge on any atom is -0.493 e. The molecule has 1 aliphatic rings. The van der Waals surface area contributed by atoms with Crippen molar-refractivity contribution in [3.8, 4) is 5.75 Å². The lowest BCUT2D eigenvalue weighted by Crippen LogP contribution is -2.54. The van der Waals surface area contributed by atoms with Crippen LogP contribution in [0.4, 0.5) is 5.69 Å². The lowest BCUT2D eigenvalue weighted by Gasteiger charge is -2.40. The van der Waals surface area contributed by atoms with E-state index >= 15 is 0 Å². The van der Waals surface area contributed by atoms with Crippen molar-refractivity contribution in [3.05, 3.63) is 34.9 Å². The highest BCUT2D eigenvalue weighted by atomic mass is 35.5. The normalized spacial score (nSPS) is 18.6. The second-order valence-electron chi connectivity index (χ2n) is 7.89. The van der Waals surface area contributed by atoms with Crippen molar-refractivity contribution in [1.29, 1.82) is 0 Å². The van der Waals surface area contributed by atoms with E-state index in [1.54, 1.807) is 7.11 Å². The van der Waals surface area contributed by atoms with Gasteiger partial charge in [0.2, 0.25) is 0 Å². The van der Waals surface area contributed by atoms with Crippen molar-refractivity contribution in [3.63, 3.8) is 0 Å². The molecular formula is C24H39ClN2O. The number of nitrogens with one attached hydrogen (secondary N) is 1. The Morgan fingerprint density at radius 1 is 1.29 bits per heavy atom. The molecule has 0 bridgehead atoms. The van der Waals surface area contributed by atoms with Crippen molar-refractivity contribution >= 4 is 17.3 Å². The van der Waals surface area contributed by atoms with Gasteiger partial charge in [0, 0.05) is 25.7 Å². The largest absolute Gasteiger partial charge is 0.493 e. The average molecular weight is 407 g/mol. The molecule has 1 aromatic carbocycles. The maximum atomic E-state index is 6.52. The summed E-state index contributed by atoms with van der Waals surface area (Å²) in [6, 6.07) is 4.83. The number of ether oxygens (including phenoxy) is 1. The molecule has 28 heavy (non-hydrogen) atoms. The Labute approximate surface area is 177 Å². The van der Waals surface area contributed by atoms with Crippen LogP contribution in [0.3, 0.4) is 0 Å². The van der Waals surface area contributed by atoms with Crippen molar-refractivity contribution in [2.24, 2.45) is 5.92 Å². The molecule has 3 nitrogen and oxygen atoms in total. The molecule has 0 aromatic heterocycles. The van der Waals surface area contributed by atoms with Gasteiger partial charge < -0.3 is 15.0 Å². The van der Waals surface area contributed by atoms with E-state index in [0.29, 0.717) is 6.04 Å². The molecule has 4 heteroatoms. The molecule has 1 aromatic rings. The molecule has 2 unspecified atom stereocenters. The zero-order chi connectivity index (χ0) is 20.4. The standard InChI is InChI=1S/C24H39ClN2O/c1-5-8-10-11-13-20(12-9-6-2)22-18-27(15-14-26-22)23-17-19(7-3)16-21(25)24(23)28-4/h5,8,16-17,20,22,26H,6-7,9-15,18H2,1-4H3/b8-5-. The summed E-state index contributed by atoms with van der Waals surface area (Å²) in [6.07, 6.45) is 13.1. The zero-order valence-corrected chi connectivity index (χ0v) is 19.0. The average Bonchev–Trinajstić information content (AvgIpc) is 2.72. The first kappa shape index (κ1) is 23.1. The first-order valence-corrected chi connectivity index (χ1v) is 11.5. The Morgan fingerprint density at radius 2 is 2.07 bits per heavy atom. The Morgan fingerprint density at radius 3 is 2.75 bits per heavy atom. The Bertz CT molecular complexity index is 617. The van der Waals surface area contributed by atoms with Gasteiger partial charge >= 0.3 is 0 Å². The van der Waals surface area contributed by atoms with E-state index in [2.05, 4.69) is 49.2 Å². The van der Waals surface area contributed by atoms with Crippen LogP contribution in [-0.2, 0) is 6.42 Å². The minimum atomic E-state index is 0.527. The van der Waals surface area contributed by atoms with E-state index in [4.69, 9.17) is 16.3 Å². The second kappa shape index (κ2) is 12.4. The SMILES string of the molecule is C/C=C\CCCC(CCCC)C1CN(c2cc(CC)cc(Cl)c2OC)CCN1. The highest BCUT2D eigenvalue weighted by Crippen LogP contribution is 2.38. The lowest BCUT2D eigenvalue weighted by molar-refractivity contribution is 0.287. The number of hydrogen-bond donors (Lipinski definition) is 1. The molecule has 1 aliphatic heterocycles. The number of rotatable bonds is 11. The molecule has 1 fully saturated rings. The molecule has 1 saturated heterocycles. The summed E-state index contributed by atoms with van der Waals surface area (Å²) in [5, 5.41) is 4.54. The molecule has 0 amide bonds. The van der Waals surface area contributed by atoms with Crippen LogP contribution in [0.1, 0.15) is 64.9 Å². The number of halogens is 1. The van der Waals surface area contributed by atoms with Crippen molar-refractivity contribution in [1.82, 2.24) is 5.32 Å². The number of methoxy groups -OCH3 is 1. The maximum absolute atomic E-state index is 6.52. The minimum absolute atomic E-state index is 0.527. The molecule has 1 heterocycles. The topological polar surface area (TPSA) is 24.5 Å². The monoisotopic (exact) mass is 406 g/mol. The van der Waals surface area contributed by atoms with Crippen molar-refractivity contribution in [2.75, 3.05) is 31.6 Å². The predicted octanol–water partition coefficient (Wildman–Crippen LogP) is 6.24. The van der Waals surface area contributed by atoms with E-state index in [9.17, 15) is 0 Å². The highest BCUT2D eigenvalue weighted by Gasteiger charge is 2.28. The maximum Gasteiger partial charge on any atom is 0.160 e. The van der Waals surface area contributed by atoms with Gasteiger partial charge in [0.05, 0.1) is 17.8 Å². The van der Waals surface area contributed by atoms with Crippen LogP contribution < -0.4 is 15.0 Å². The molecule has 1 N–H and O–H groups in total. The van der Waals surface area contributed by atoms with Gasteiger partial charge in [0.1, 0.15) is 0 Å². The molecule has 0 spiro atoms. The summed E-state index contributed by atoms with van der Waals surface area (Å²) in [5.74, 6) is 1.54. The number of nitrogens with zero attached hydrogens (tertiary/aromatic N) is 1. The van der Waals surface area contributed by atoms with Crippen LogP contribution in [0.2, 0.25) is 5.02 Å². The number of benzene rings is 1. The third-order valence-corrected chi connectivity index (χ3v) is 6.20. The first-order chi connectivity index (χ1) is 13.6. The number of hydrogen-bond acceptors (Lipinski definition) is 3. The van der Waals surface area contributed by atoms with E-state index in [1.807, 2.05) is 6.07 Å². The summed E-state index contributed by atoms with van der Waals surface area (Å²) < 4.78 is 5.68. The van der Waals surface area contributed by atoms with Gasteiger partial charge in [0.25, 0.3) is 0 Å². The third kappa shape index (κ3) is 6.42. The van der Waals surface area contributed by atoms with Crippen LogP contribution in [0, 0.1) is 5.92 Å². The van der Waals surface area contributed by atoms with Gasteiger partial charge in [-0.25, -0.2) is 0 Å². The molecule has 2 rings (SSSR count). The Kier molecular flexibility index (Phi) is 10.2. The second-order valence-corrected chi connectivity index (χ2v) is 8.30. The molecule has 2 atom stereocenters. The lowest BCUT2D eigenvalue weighted by atomic mass is 9.87. The van der Waals surface area contributed by atoms with Gasteiger partial charge in [-0.15, -0.1) is 0 Å². The smallest absolute Gasteiger partial charge is 0.160 e. The molecule has 0 aliphatic carbocycles. The summed E-state index contributed by atoms with van der Waals surface area (Å²) in [6.45, 7) is 9.61. The summed E-state index contributed by atoms with van der Waals surface area (Å²) >= 11 is 6.52.